The van der Waals surface area contributed by atoms with Gasteiger partial charge in [-0.3, -0.25) is 4.79 Å². The second-order valence-corrected chi connectivity index (χ2v) is 4.37. The molecule has 7 heteroatoms. The van der Waals surface area contributed by atoms with Crippen molar-refractivity contribution in [1.29, 1.82) is 0 Å². The first-order chi connectivity index (χ1) is 9.47. The van der Waals surface area contributed by atoms with Crippen LogP contribution in [0.2, 0.25) is 5.15 Å². The van der Waals surface area contributed by atoms with Crippen molar-refractivity contribution in [3.8, 4) is 0 Å². The average molecular weight is 299 g/mol. The Kier molecular flexibility index (Phi) is 4.14. The van der Waals surface area contributed by atoms with Crippen LogP contribution in [0.3, 0.4) is 0 Å². The molecule has 0 aliphatic rings. The standard InChI is InChI=1S/C13H9ClF2N2O2/c14-12-4-2-9(7-18(12)20)13(19)17-6-8-1-3-10(15)5-11(8)16/h1-5,7H,6H2,(H,17,19). The summed E-state index contributed by atoms with van der Waals surface area (Å²) in [6, 6.07) is 5.71. The van der Waals surface area contributed by atoms with Crippen LogP contribution in [0.1, 0.15) is 15.9 Å². The largest absolute Gasteiger partial charge is 0.618 e. The number of carbonyl (C=O) groups is 1. The average Bonchev–Trinajstić information content (AvgIpc) is 2.40. The summed E-state index contributed by atoms with van der Waals surface area (Å²) >= 11 is 5.53. The third-order valence-electron chi connectivity index (χ3n) is 2.58. The fourth-order valence-electron chi connectivity index (χ4n) is 1.54. The minimum absolute atomic E-state index is 0.0638. The summed E-state index contributed by atoms with van der Waals surface area (Å²) in [5.41, 5.74) is 0.232. The van der Waals surface area contributed by atoms with Crippen LogP contribution in [0.4, 0.5) is 8.78 Å². The molecule has 4 nitrogen and oxygen atoms in total. The van der Waals surface area contributed by atoms with Gasteiger partial charge in [0.15, 0.2) is 6.20 Å². The maximum absolute atomic E-state index is 13.4. The molecule has 0 radical (unpaired) electrons. The molecule has 104 valence electrons. The van der Waals surface area contributed by atoms with Crippen LogP contribution in [0, 0.1) is 16.8 Å². The van der Waals surface area contributed by atoms with Crippen molar-refractivity contribution >= 4 is 17.5 Å². The zero-order valence-electron chi connectivity index (χ0n) is 10.1. The number of halogens is 3. The third-order valence-corrected chi connectivity index (χ3v) is 2.88. The fourth-order valence-corrected chi connectivity index (χ4v) is 1.65. The van der Waals surface area contributed by atoms with E-state index in [0.717, 1.165) is 18.3 Å². The summed E-state index contributed by atoms with van der Waals surface area (Å²) in [4.78, 5) is 11.8. The van der Waals surface area contributed by atoms with Gasteiger partial charge in [0.05, 0.1) is 0 Å². The Morgan fingerprint density at radius 1 is 1.30 bits per heavy atom. The molecule has 0 saturated heterocycles. The van der Waals surface area contributed by atoms with Gasteiger partial charge in [-0.1, -0.05) is 6.07 Å². The van der Waals surface area contributed by atoms with Crippen LogP contribution in [0.5, 0.6) is 0 Å². The second-order valence-electron chi connectivity index (χ2n) is 3.98. The van der Waals surface area contributed by atoms with E-state index in [4.69, 9.17) is 11.6 Å². The van der Waals surface area contributed by atoms with E-state index in [1.54, 1.807) is 0 Å². The zero-order valence-corrected chi connectivity index (χ0v) is 10.8. The molecule has 0 aliphatic carbocycles. The maximum atomic E-state index is 13.4. The molecule has 1 N–H and O–H groups in total. The van der Waals surface area contributed by atoms with E-state index in [2.05, 4.69) is 5.32 Å². The summed E-state index contributed by atoms with van der Waals surface area (Å²) in [6.45, 7) is -0.119. The number of carbonyl (C=O) groups excluding carboxylic acids is 1. The lowest BCUT2D eigenvalue weighted by Gasteiger charge is -2.06. The summed E-state index contributed by atoms with van der Waals surface area (Å²) < 4.78 is 26.4. The predicted octanol–water partition coefficient (Wildman–Crippen LogP) is 2.18. The number of nitrogens with one attached hydrogen (secondary N) is 1. The molecule has 1 aromatic heterocycles. The number of pyridine rings is 1. The molecular formula is C13H9ClF2N2O2. The molecule has 0 saturated carbocycles. The highest BCUT2D eigenvalue weighted by Gasteiger charge is 2.12. The smallest absolute Gasteiger partial charge is 0.286 e. The number of benzene rings is 1. The molecule has 0 aliphatic heterocycles. The van der Waals surface area contributed by atoms with E-state index in [0.29, 0.717) is 4.73 Å². The molecule has 1 aromatic carbocycles. The molecule has 1 amide bonds. The molecule has 1 heterocycles. The Morgan fingerprint density at radius 3 is 2.70 bits per heavy atom. The van der Waals surface area contributed by atoms with E-state index in [1.165, 1.54) is 18.2 Å². The lowest BCUT2D eigenvalue weighted by Crippen LogP contribution is -2.31. The summed E-state index contributed by atoms with van der Waals surface area (Å²) in [7, 11) is 0. The van der Waals surface area contributed by atoms with Gasteiger partial charge in [-0.25, -0.2) is 8.78 Å². The van der Waals surface area contributed by atoms with Crippen molar-refractivity contribution in [3.05, 3.63) is 69.7 Å². The SMILES string of the molecule is O=C(NCc1ccc(F)cc1F)c1ccc(Cl)[n+]([O-])c1. The molecule has 0 atom stereocenters. The quantitative estimate of drug-likeness (QED) is 0.536. The number of nitrogens with zero attached hydrogens (tertiary/aromatic N) is 1. The van der Waals surface area contributed by atoms with Gasteiger partial charge in [-0.05, 0) is 23.7 Å². The van der Waals surface area contributed by atoms with Crippen LogP contribution in [0.25, 0.3) is 0 Å². The van der Waals surface area contributed by atoms with Gasteiger partial charge in [0.25, 0.3) is 11.1 Å². The Bertz CT molecular complexity index is 665. The number of aromatic nitrogens is 1. The molecule has 0 bridgehead atoms. The van der Waals surface area contributed by atoms with Gasteiger partial charge in [0.2, 0.25) is 0 Å². The molecule has 2 rings (SSSR count). The Morgan fingerprint density at radius 2 is 2.05 bits per heavy atom. The van der Waals surface area contributed by atoms with Gasteiger partial charge < -0.3 is 10.5 Å². The van der Waals surface area contributed by atoms with E-state index in [9.17, 15) is 18.8 Å². The molecule has 0 unspecified atom stereocenters. The highest BCUT2D eigenvalue weighted by atomic mass is 35.5. The Balaban J connectivity index is 2.06. The van der Waals surface area contributed by atoms with Gasteiger partial charge in [-0.2, -0.15) is 4.73 Å². The summed E-state index contributed by atoms with van der Waals surface area (Å²) in [5, 5.41) is 13.6. The van der Waals surface area contributed by atoms with Crippen LogP contribution in [0.15, 0.2) is 36.5 Å². The van der Waals surface area contributed by atoms with Gasteiger partial charge in [0.1, 0.15) is 17.2 Å². The van der Waals surface area contributed by atoms with Crippen molar-refractivity contribution in [2.75, 3.05) is 0 Å². The molecule has 0 fully saturated rings. The molecule has 20 heavy (non-hydrogen) atoms. The van der Waals surface area contributed by atoms with Crippen molar-refractivity contribution in [1.82, 2.24) is 5.32 Å². The predicted molar refractivity (Wildman–Crippen MR) is 67.9 cm³/mol. The molecule has 0 spiro atoms. The summed E-state index contributed by atoms with van der Waals surface area (Å²) in [5.74, 6) is -2.00. The van der Waals surface area contributed by atoms with Crippen LogP contribution in [-0.2, 0) is 6.54 Å². The topological polar surface area (TPSA) is 56.0 Å². The Hall–Kier alpha value is -2.21. The summed E-state index contributed by atoms with van der Waals surface area (Å²) in [6.07, 6.45) is 1.01. The third kappa shape index (κ3) is 3.21. The fraction of sp³-hybridized carbons (Fsp3) is 0.0769. The van der Waals surface area contributed by atoms with Crippen molar-refractivity contribution in [2.24, 2.45) is 0 Å². The second kappa shape index (κ2) is 5.83. The number of amides is 1. The van der Waals surface area contributed by atoms with Gasteiger partial charge in [0, 0.05) is 24.2 Å². The van der Waals surface area contributed by atoms with Crippen molar-refractivity contribution < 1.29 is 18.3 Å². The van der Waals surface area contributed by atoms with E-state index < -0.39 is 17.5 Å². The minimum Gasteiger partial charge on any atom is -0.618 e. The minimum atomic E-state index is -0.750. The normalized spacial score (nSPS) is 10.3. The maximum Gasteiger partial charge on any atom is 0.286 e. The lowest BCUT2D eigenvalue weighted by atomic mass is 10.2. The van der Waals surface area contributed by atoms with Crippen molar-refractivity contribution in [2.45, 2.75) is 6.54 Å². The highest BCUT2D eigenvalue weighted by Crippen LogP contribution is 2.09. The Labute approximate surface area is 118 Å². The molecule has 2 aromatic rings. The number of rotatable bonds is 3. The van der Waals surface area contributed by atoms with E-state index >= 15 is 0 Å². The number of hydrogen-bond acceptors (Lipinski definition) is 2. The van der Waals surface area contributed by atoms with E-state index in [-0.39, 0.29) is 22.8 Å². The number of hydrogen-bond donors (Lipinski definition) is 1. The molecular weight excluding hydrogens is 290 g/mol. The first-order valence-electron chi connectivity index (χ1n) is 5.58. The van der Waals surface area contributed by atoms with Crippen LogP contribution in [-0.4, -0.2) is 5.91 Å². The van der Waals surface area contributed by atoms with E-state index in [1.807, 2.05) is 0 Å². The highest BCUT2D eigenvalue weighted by molar-refractivity contribution is 6.28. The first kappa shape index (κ1) is 14.2. The van der Waals surface area contributed by atoms with Crippen LogP contribution >= 0.6 is 11.6 Å². The van der Waals surface area contributed by atoms with Crippen LogP contribution < -0.4 is 10.0 Å². The van der Waals surface area contributed by atoms with Crippen molar-refractivity contribution in [3.63, 3.8) is 0 Å². The zero-order chi connectivity index (χ0) is 14.7. The van der Waals surface area contributed by atoms with Gasteiger partial charge >= 0.3 is 0 Å². The lowest BCUT2D eigenvalue weighted by molar-refractivity contribution is -0.603. The van der Waals surface area contributed by atoms with Gasteiger partial charge in [-0.15, -0.1) is 0 Å². The monoisotopic (exact) mass is 298 g/mol. The first-order valence-corrected chi connectivity index (χ1v) is 5.96.